The van der Waals surface area contributed by atoms with Gasteiger partial charge in [-0.25, -0.2) is 0 Å². The van der Waals surface area contributed by atoms with Gasteiger partial charge in [-0.1, -0.05) is 35.9 Å². The van der Waals surface area contributed by atoms with Crippen LogP contribution in [-0.2, 0) is 16.0 Å². The summed E-state index contributed by atoms with van der Waals surface area (Å²) in [5.41, 5.74) is 5.37. The number of amides is 2. The number of anilines is 2. The average molecular weight is 383 g/mol. The van der Waals surface area contributed by atoms with Crippen LogP contribution in [-0.4, -0.2) is 29.4 Å². The SMILES string of the molecule is Cc1ccc(NC(=O)CSC(C)C(=O)N2CCCc3cccc(C)c32)cc1. The standard InChI is InChI=1S/C22H26N2O2S/c1-15-9-11-19(12-10-15)23-20(25)14-27-17(3)22(26)24-13-5-8-18-7-4-6-16(2)21(18)24/h4,6-7,9-12,17H,5,8,13-14H2,1-3H3,(H,23,25). The van der Waals surface area contributed by atoms with Crippen molar-refractivity contribution in [1.29, 1.82) is 0 Å². The summed E-state index contributed by atoms with van der Waals surface area (Å²) < 4.78 is 0. The first-order chi connectivity index (χ1) is 13.0. The Labute approximate surface area is 165 Å². The average Bonchev–Trinajstić information content (AvgIpc) is 2.67. The summed E-state index contributed by atoms with van der Waals surface area (Å²) in [6.07, 6.45) is 1.99. The zero-order valence-corrected chi connectivity index (χ0v) is 16.9. The van der Waals surface area contributed by atoms with E-state index in [9.17, 15) is 9.59 Å². The van der Waals surface area contributed by atoms with Gasteiger partial charge in [0.1, 0.15) is 0 Å². The van der Waals surface area contributed by atoms with E-state index >= 15 is 0 Å². The highest BCUT2D eigenvalue weighted by atomic mass is 32.2. The van der Waals surface area contributed by atoms with Gasteiger partial charge in [0.2, 0.25) is 11.8 Å². The third-order valence-electron chi connectivity index (χ3n) is 4.83. The van der Waals surface area contributed by atoms with Gasteiger partial charge < -0.3 is 10.2 Å². The summed E-state index contributed by atoms with van der Waals surface area (Å²) in [4.78, 5) is 27.1. The fourth-order valence-electron chi connectivity index (χ4n) is 3.39. The Bertz CT molecular complexity index is 833. The normalized spacial score (nSPS) is 14.4. The van der Waals surface area contributed by atoms with Gasteiger partial charge in [0.05, 0.1) is 11.0 Å². The van der Waals surface area contributed by atoms with Crippen LogP contribution in [0.2, 0.25) is 0 Å². The Balaban J connectivity index is 1.59. The zero-order valence-electron chi connectivity index (χ0n) is 16.1. The van der Waals surface area contributed by atoms with Gasteiger partial charge in [0, 0.05) is 17.9 Å². The molecule has 0 radical (unpaired) electrons. The van der Waals surface area contributed by atoms with Crippen LogP contribution >= 0.6 is 11.8 Å². The summed E-state index contributed by atoms with van der Waals surface area (Å²) in [5, 5.41) is 2.62. The first kappa shape index (κ1) is 19.5. The molecule has 1 heterocycles. The molecule has 2 aromatic carbocycles. The monoisotopic (exact) mass is 382 g/mol. The molecule has 0 saturated carbocycles. The number of carbonyl (C=O) groups excluding carboxylic acids is 2. The smallest absolute Gasteiger partial charge is 0.239 e. The van der Waals surface area contributed by atoms with Gasteiger partial charge in [-0.2, -0.15) is 0 Å². The molecular formula is C22H26N2O2S. The molecule has 1 aliphatic rings. The lowest BCUT2D eigenvalue weighted by Gasteiger charge is -2.32. The highest BCUT2D eigenvalue weighted by Crippen LogP contribution is 2.32. The van der Waals surface area contributed by atoms with E-state index in [0.717, 1.165) is 41.9 Å². The molecule has 1 atom stereocenters. The molecule has 0 spiro atoms. The van der Waals surface area contributed by atoms with Crippen LogP contribution in [0.3, 0.4) is 0 Å². The van der Waals surface area contributed by atoms with Crippen molar-refractivity contribution in [3.05, 3.63) is 59.2 Å². The lowest BCUT2D eigenvalue weighted by molar-refractivity contribution is -0.117. The number of nitrogens with zero attached hydrogens (tertiary/aromatic N) is 1. The minimum Gasteiger partial charge on any atom is -0.325 e. The molecule has 1 unspecified atom stereocenters. The zero-order chi connectivity index (χ0) is 19.4. The Morgan fingerprint density at radius 2 is 1.89 bits per heavy atom. The number of nitrogens with one attached hydrogen (secondary N) is 1. The van der Waals surface area contributed by atoms with Crippen molar-refractivity contribution in [2.24, 2.45) is 0 Å². The van der Waals surface area contributed by atoms with Crippen molar-refractivity contribution in [3.63, 3.8) is 0 Å². The molecule has 5 heteroatoms. The third kappa shape index (κ3) is 4.72. The topological polar surface area (TPSA) is 49.4 Å². The predicted molar refractivity (Wildman–Crippen MR) is 114 cm³/mol. The number of para-hydroxylation sites is 1. The van der Waals surface area contributed by atoms with E-state index in [-0.39, 0.29) is 22.8 Å². The molecule has 2 amide bonds. The van der Waals surface area contributed by atoms with Crippen molar-refractivity contribution in [2.45, 2.75) is 38.9 Å². The quantitative estimate of drug-likeness (QED) is 0.837. The number of thioether (sulfide) groups is 1. The molecule has 1 N–H and O–H groups in total. The lowest BCUT2D eigenvalue weighted by atomic mass is 9.98. The molecule has 0 aliphatic carbocycles. The summed E-state index contributed by atoms with van der Waals surface area (Å²) in [6.45, 7) is 6.70. The largest absolute Gasteiger partial charge is 0.325 e. The molecule has 0 aromatic heterocycles. The Morgan fingerprint density at radius 1 is 1.15 bits per heavy atom. The molecule has 3 rings (SSSR count). The van der Waals surface area contributed by atoms with Gasteiger partial charge >= 0.3 is 0 Å². The molecule has 4 nitrogen and oxygen atoms in total. The van der Waals surface area contributed by atoms with Crippen LogP contribution in [0, 0.1) is 13.8 Å². The molecule has 0 saturated heterocycles. The predicted octanol–water partition coefficient (Wildman–Crippen LogP) is 4.34. The van der Waals surface area contributed by atoms with Crippen LogP contribution in [0.1, 0.15) is 30.0 Å². The Morgan fingerprint density at radius 3 is 2.63 bits per heavy atom. The molecule has 0 fully saturated rings. The molecular weight excluding hydrogens is 356 g/mol. The number of rotatable bonds is 5. The van der Waals surface area contributed by atoms with E-state index in [1.807, 2.05) is 43.0 Å². The number of hydrogen-bond donors (Lipinski definition) is 1. The minimum atomic E-state index is -0.265. The van der Waals surface area contributed by atoms with Crippen molar-refractivity contribution in [3.8, 4) is 0 Å². The summed E-state index contributed by atoms with van der Waals surface area (Å²) in [7, 11) is 0. The number of fused-ring (bicyclic) bond motifs is 1. The molecule has 1 aliphatic heterocycles. The maximum atomic E-state index is 13.0. The van der Waals surface area contributed by atoms with Crippen LogP contribution in [0.4, 0.5) is 11.4 Å². The molecule has 0 bridgehead atoms. The van der Waals surface area contributed by atoms with Crippen LogP contribution < -0.4 is 10.2 Å². The summed E-state index contributed by atoms with van der Waals surface area (Å²) >= 11 is 1.39. The van der Waals surface area contributed by atoms with Crippen molar-refractivity contribution in [2.75, 3.05) is 22.5 Å². The summed E-state index contributed by atoms with van der Waals surface area (Å²) in [5.74, 6) is 0.257. The first-order valence-corrected chi connectivity index (χ1v) is 10.4. The Hall–Kier alpha value is -2.27. The van der Waals surface area contributed by atoms with E-state index in [1.54, 1.807) is 0 Å². The second-order valence-electron chi connectivity index (χ2n) is 7.04. The van der Waals surface area contributed by atoms with E-state index in [1.165, 1.54) is 17.3 Å². The van der Waals surface area contributed by atoms with Gasteiger partial charge in [-0.15, -0.1) is 11.8 Å². The van der Waals surface area contributed by atoms with E-state index in [0.29, 0.717) is 0 Å². The van der Waals surface area contributed by atoms with Crippen LogP contribution in [0.5, 0.6) is 0 Å². The second-order valence-corrected chi connectivity index (χ2v) is 8.37. The minimum absolute atomic E-state index is 0.0818. The number of carbonyl (C=O) groups is 2. The molecule has 142 valence electrons. The Kier molecular flexibility index (Phi) is 6.22. The highest BCUT2D eigenvalue weighted by molar-refractivity contribution is 8.01. The number of hydrogen-bond acceptors (Lipinski definition) is 3. The maximum Gasteiger partial charge on any atom is 0.239 e. The van der Waals surface area contributed by atoms with Crippen molar-refractivity contribution < 1.29 is 9.59 Å². The number of aryl methyl sites for hydroxylation is 3. The third-order valence-corrected chi connectivity index (χ3v) is 5.96. The molecule has 27 heavy (non-hydrogen) atoms. The number of benzene rings is 2. The van der Waals surface area contributed by atoms with Crippen LogP contribution in [0.25, 0.3) is 0 Å². The van der Waals surface area contributed by atoms with Crippen LogP contribution in [0.15, 0.2) is 42.5 Å². The van der Waals surface area contributed by atoms with E-state index in [4.69, 9.17) is 0 Å². The van der Waals surface area contributed by atoms with E-state index < -0.39 is 0 Å². The lowest BCUT2D eigenvalue weighted by Crippen LogP contribution is -2.41. The van der Waals surface area contributed by atoms with E-state index in [2.05, 4.69) is 30.4 Å². The fraction of sp³-hybridized carbons (Fsp3) is 0.364. The summed E-state index contributed by atoms with van der Waals surface area (Å²) in [6, 6.07) is 13.9. The van der Waals surface area contributed by atoms with Gasteiger partial charge in [0.25, 0.3) is 0 Å². The molecule has 2 aromatic rings. The maximum absolute atomic E-state index is 13.0. The van der Waals surface area contributed by atoms with Gasteiger partial charge in [-0.05, 0) is 56.9 Å². The first-order valence-electron chi connectivity index (χ1n) is 9.33. The fourth-order valence-corrected chi connectivity index (χ4v) is 4.14. The van der Waals surface area contributed by atoms with Gasteiger partial charge in [-0.3, -0.25) is 9.59 Å². The highest BCUT2D eigenvalue weighted by Gasteiger charge is 2.28. The van der Waals surface area contributed by atoms with Crippen molar-refractivity contribution in [1.82, 2.24) is 0 Å². The second kappa shape index (κ2) is 8.61. The van der Waals surface area contributed by atoms with Gasteiger partial charge in [0.15, 0.2) is 0 Å². The van der Waals surface area contributed by atoms with Crippen molar-refractivity contribution >= 4 is 35.0 Å².